The van der Waals surface area contributed by atoms with Gasteiger partial charge in [0.05, 0.1) is 12.1 Å². The number of hydrogen-bond acceptors (Lipinski definition) is 3. The SMILES string of the molecule is CC(C=O)NC(=O)C1CCCCN1C. The van der Waals surface area contributed by atoms with Gasteiger partial charge in [0.1, 0.15) is 6.29 Å². The van der Waals surface area contributed by atoms with Gasteiger partial charge in [0.15, 0.2) is 0 Å². The zero-order valence-corrected chi connectivity index (χ0v) is 8.82. The van der Waals surface area contributed by atoms with Crippen LogP contribution >= 0.6 is 0 Å². The molecule has 1 rings (SSSR count). The molecule has 0 saturated carbocycles. The fourth-order valence-corrected chi connectivity index (χ4v) is 1.76. The van der Waals surface area contributed by atoms with Crippen LogP contribution in [-0.4, -0.2) is 42.8 Å². The molecule has 0 aromatic carbocycles. The minimum Gasteiger partial charge on any atom is -0.346 e. The van der Waals surface area contributed by atoms with Crippen LogP contribution in [-0.2, 0) is 9.59 Å². The molecule has 4 heteroatoms. The number of nitrogens with zero attached hydrogens (tertiary/aromatic N) is 1. The van der Waals surface area contributed by atoms with Gasteiger partial charge in [-0.25, -0.2) is 0 Å². The molecule has 1 amide bonds. The summed E-state index contributed by atoms with van der Waals surface area (Å²) in [5, 5.41) is 2.68. The number of likely N-dealkylation sites (tertiary alicyclic amines) is 1. The minimum absolute atomic E-state index is 0.0215. The van der Waals surface area contributed by atoms with E-state index in [1.54, 1.807) is 6.92 Å². The van der Waals surface area contributed by atoms with E-state index in [1.165, 1.54) is 0 Å². The Bertz CT molecular complexity index is 218. The van der Waals surface area contributed by atoms with Crippen molar-refractivity contribution in [2.75, 3.05) is 13.6 Å². The Kier molecular flexibility index (Phi) is 4.07. The lowest BCUT2D eigenvalue weighted by Crippen LogP contribution is -2.50. The quantitative estimate of drug-likeness (QED) is 0.658. The number of piperidine rings is 1. The average Bonchev–Trinajstić information content (AvgIpc) is 2.18. The molecule has 2 unspecified atom stereocenters. The van der Waals surface area contributed by atoms with Crippen molar-refractivity contribution in [3.8, 4) is 0 Å². The van der Waals surface area contributed by atoms with Crippen LogP contribution in [0, 0.1) is 0 Å². The van der Waals surface area contributed by atoms with E-state index >= 15 is 0 Å². The van der Waals surface area contributed by atoms with Gasteiger partial charge in [-0.3, -0.25) is 9.69 Å². The Balaban J connectivity index is 2.45. The Hall–Kier alpha value is -0.900. The molecule has 4 nitrogen and oxygen atoms in total. The van der Waals surface area contributed by atoms with Gasteiger partial charge in [-0.15, -0.1) is 0 Å². The third-order valence-corrected chi connectivity index (χ3v) is 2.65. The van der Waals surface area contributed by atoms with Crippen molar-refractivity contribution in [2.45, 2.75) is 38.3 Å². The summed E-state index contributed by atoms with van der Waals surface area (Å²) in [5.74, 6) is -0.0215. The predicted octanol–water partition coefficient (Wildman–Crippen LogP) is 0.174. The molecule has 2 atom stereocenters. The summed E-state index contributed by atoms with van der Waals surface area (Å²) in [5.41, 5.74) is 0. The second-order valence-electron chi connectivity index (χ2n) is 3.93. The number of carbonyl (C=O) groups is 2. The molecule has 1 aliphatic heterocycles. The van der Waals surface area contributed by atoms with Crippen LogP contribution in [0.25, 0.3) is 0 Å². The summed E-state index contributed by atoms with van der Waals surface area (Å²) >= 11 is 0. The van der Waals surface area contributed by atoms with Crippen LogP contribution in [0.5, 0.6) is 0 Å². The maximum Gasteiger partial charge on any atom is 0.237 e. The second kappa shape index (κ2) is 5.10. The Morgan fingerprint density at radius 2 is 2.29 bits per heavy atom. The highest BCUT2D eigenvalue weighted by Gasteiger charge is 2.26. The molecule has 1 aliphatic rings. The number of rotatable bonds is 3. The van der Waals surface area contributed by atoms with E-state index in [4.69, 9.17) is 0 Å². The number of nitrogens with one attached hydrogen (secondary N) is 1. The fourth-order valence-electron chi connectivity index (χ4n) is 1.76. The molecule has 0 spiro atoms. The normalized spacial score (nSPS) is 25.4. The topological polar surface area (TPSA) is 49.4 Å². The maximum atomic E-state index is 11.7. The van der Waals surface area contributed by atoms with Gasteiger partial charge in [-0.2, -0.15) is 0 Å². The fraction of sp³-hybridized carbons (Fsp3) is 0.800. The van der Waals surface area contributed by atoms with Crippen LogP contribution in [0.1, 0.15) is 26.2 Å². The van der Waals surface area contributed by atoms with E-state index in [2.05, 4.69) is 10.2 Å². The van der Waals surface area contributed by atoms with Gasteiger partial charge in [0, 0.05) is 0 Å². The largest absolute Gasteiger partial charge is 0.346 e. The van der Waals surface area contributed by atoms with Crippen molar-refractivity contribution < 1.29 is 9.59 Å². The monoisotopic (exact) mass is 198 g/mol. The second-order valence-corrected chi connectivity index (χ2v) is 3.93. The molecule has 14 heavy (non-hydrogen) atoms. The first kappa shape index (κ1) is 11.2. The van der Waals surface area contributed by atoms with Crippen LogP contribution in [0.3, 0.4) is 0 Å². The molecule has 1 N–H and O–H groups in total. The summed E-state index contributed by atoms with van der Waals surface area (Å²) in [6, 6.07) is -0.427. The van der Waals surface area contributed by atoms with E-state index in [9.17, 15) is 9.59 Å². The van der Waals surface area contributed by atoms with Crippen molar-refractivity contribution in [3.63, 3.8) is 0 Å². The van der Waals surface area contributed by atoms with Crippen molar-refractivity contribution in [3.05, 3.63) is 0 Å². The highest BCUT2D eigenvalue weighted by Crippen LogP contribution is 2.14. The lowest BCUT2D eigenvalue weighted by molar-refractivity contribution is -0.129. The molecular weight excluding hydrogens is 180 g/mol. The molecule has 0 bridgehead atoms. The van der Waals surface area contributed by atoms with Gasteiger partial charge in [0.2, 0.25) is 5.91 Å². The molecule has 1 fully saturated rings. The van der Waals surface area contributed by atoms with Gasteiger partial charge in [-0.1, -0.05) is 6.42 Å². The Morgan fingerprint density at radius 1 is 1.57 bits per heavy atom. The molecule has 1 saturated heterocycles. The molecule has 0 aliphatic carbocycles. The minimum atomic E-state index is -0.377. The molecule has 0 aromatic rings. The number of hydrogen-bond donors (Lipinski definition) is 1. The van der Waals surface area contributed by atoms with Crippen LogP contribution in [0.4, 0.5) is 0 Å². The lowest BCUT2D eigenvalue weighted by atomic mass is 10.0. The molecule has 80 valence electrons. The van der Waals surface area contributed by atoms with Crippen LogP contribution in [0.2, 0.25) is 0 Å². The van der Waals surface area contributed by atoms with E-state index in [-0.39, 0.29) is 18.0 Å². The van der Waals surface area contributed by atoms with E-state index in [0.717, 1.165) is 32.1 Å². The van der Waals surface area contributed by atoms with Gasteiger partial charge >= 0.3 is 0 Å². The first-order valence-electron chi connectivity index (χ1n) is 5.11. The summed E-state index contributed by atoms with van der Waals surface area (Å²) in [4.78, 5) is 24.1. The third-order valence-electron chi connectivity index (χ3n) is 2.65. The number of amides is 1. The van der Waals surface area contributed by atoms with Gasteiger partial charge < -0.3 is 10.1 Å². The van der Waals surface area contributed by atoms with Crippen LogP contribution < -0.4 is 5.32 Å². The van der Waals surface area contributed by atoms with Crippen LogP contribution in [0.15, 0.2) is 0 Å². The maximum absolute atomic E-state index is 11.7. The van der Waals surface area contributed by atoms with E-state index in [1.807, 2.05) is 7.05 Å². The van der Waals surface area contributed by atoms with Crippen molar-refractivity contribution in [1.82, 2.24) is 10.2 Å². The van der Waals surface area contributed by atoms with Crippen molar-refractivity contribution in [1.29, 1.82) is 0 Å². The zero-order valence-electron chi connectivity index (χ0n) is 8.82. The number of likely N-dealkylation sites (N-methyl/N-ethyl adjacent to an activating group) is 1. The highest BCUT2D eigenvalue weighted by atomic mass is 16.2. The predicted molar refractivity (Wildman–Crippen MR) is 53.9 cm³/mol. The van der Waals surface area contributed by atoms with E-state index < -0.39 is 0 Å². The summed E-state index contributed by atoms with van der Waals surface area (Å²) in [6.07, 6.45) is 3.90. The molecule has 1 heterocycles. The summed E-state index contributed by atoms with van der Waals surface area (Å²) in [7, 11) is 1.95. The first-order valence-corrected chi connectivity index (χ1v) is 5.11. The highest BCUT2D eigenvalue weighted by molar-refractivity contribution is 5.84. The summed E-state index contributed by atoms with van der Waals surface area (Å²) < 4.78 is 0. The van der Waals surface area contributed by atoms with Gasteiger partial charge in [0.25, 0.3) is 0 Å². The molecular formula is C10H18N2O2. The Labute approximate surface area is 84.7 Å². The van der Waals surface area contributed by atoms with Crippen molar-refractivity contribution >= 4 is 12.2 Å². The average molecular weight is 198 g/mol. The summed E-state index contributed by atoms with van der Waals surface area (Å²) in [6.45, 7) is 2.65. The standard InChI is InChI=1S/C10H18N2O2/c1-8(7-13)11-10(14)9-5-3-4-6-12(9)2/h7-9H,3-6H2,1-2H3,(H,11,14). The van der Waals surface area contributed by atoms with E-state index in [0.29, 0.717) is 0 Å². The third kappa shape index (κ3) is 2.80. The number of aldehydes is 1. The first-order chi connectivity index (χ1) is 6.65. The van der Waals surface area contributed by atoms with Crippen molar-refractivity contribution in [2.24, 2.45) is 0 Å². The smallest absolute Gasteiger partial charge is 0.237 e. The number of carbonyl (C=O) groups excluding carboxylic acids is 2. The molecule has 0 radical (unpaired) electrons. The Morgan fingerprint density at radius 3 is 2.86 bits per heavy atom. The molecule has 0 aromatic heterocycles. The van der Waals surface area contributed by atoms with Gasteiger partial charge in [-0.05, 0) is 33.4 Å². The lowest BCUT2D eigenvalue weighted by Gasteiger charge is -2.31. The zero-order chi connectivity index (χ0) is 10.6.